The van der Waals surface area contributed by atoms with Crippen molar-refractivity contribution in [1.29, 1.82) is 0 Å². The van der Waals surface area contributed by atoms with Crippen LogP contribution in [-0.4, -0.2) is 45.5 Å². The molecule has 0 saturated carbocycles. The van der Waals surface area contributed by atoms with Crippen LogP contribution in [-0.2, 0) is 36.6 Å². The zero-order valence-electron chi connectivity index (χ0n) is 4.38. The molecular formula is H2CoFeLaOSr. The molecule has 0 aliphatic rings. The van der Waals surface area contributed by atoms with Gasteiger partial charge in [0.15, 0.2) is 0 Å². The molecule has 1 nitrogen and oxygen atoms in total. The van der Waals surface area contributed by atoms with Crippen molar-refractivity contribution < 1.29 is 75.1 Å². The van der Waals surface area contributed by atoms with Crippen LogP contribution in [0, 0.1) is 35.6 Å². The van der Waals surface area contributed by atoms with Gasteiger partial charge in [-0.25, -0.2) is 0 Å². The average Bonchev–Trinajstić information content (AvgIpc) is 1.00. The van der Waals surface area contributed by atoms with Crippen molar-refractivity contribution in [3.8, 4) is 0 Å². The summed E-state index contributed by atoms with van der Waals surface area (Å²) in [4.78, 5) is 0. The van der Waals surface area contributed by atoms with E-state index in [-0.39, 0.29) is 101 Å². The van der Waals surface area contributed by atoms with E-state index in [0.29, 0.717) is 0 Å². The van der Waals surface area contributed by atoms with Gasteiger partial charge in [0.1, 0.15) is 0 Å². The molecular weight excluding hydrogens is 357 g/mol. The summed E-state index contributed by atoms with van der Waals surface area (Å²) in [5.41, 5.74) is 0. The summed E-state index contributed by atoms with van der Waals surface area (Å²) in [7, 11) is 0. The molecule has 5 heteroatoms. The van der Waals surface area contributed by atoms with Crippen LogP contribution in [0.2, 0.25) is 0 Å². The predicted molar refractivity (Wildman–Crippen MR) is 8.66 cm³/mol. The van der Waals surface area contributed by atoms with Crippen LogP contribution in [0.5, 0.6) is 0 Å². The van der Waals surface area contributed by atoms with Gasteiger partial charge < -0.3 is 2.85 Å². The molecule has 0 aliphatic carbocycles. The Hall–Kier alpha value is 3.50. The molecule has 0 fully saturated rings. The molecule has 0 amide bonds. The first kappa shape index (κ1) is 23.6. The molecule has 0 heterocycles. The first-order valence-corrected chi connectivity index (χ1v) is 0.561. The van der Waals surface area contributed by atoms with Crippen molar-refractivity contribution in [3.05, 3.63) is 0 Å². The van der Waals surface area contributed by atoms with Crippen molar-refractivity contribution in [1.82, 2.24) is 0 Å². The van der Waals surface area contributed by atoms with Crippen LogP contribution < -0.4 is 0 Å². The average molecular weight is 359 g/mol. The Morgan fingerprint density at radius 3 is 1.40 bits per heavy atom. The molecule has 0 bridgehead atoms. The van der Waals surface area contributed by atoms with Gasteiger partial charge in [-0.05, 0) is 0 Å². The van der Waals surface area contributed by atoms with Crippen LogP contribution >= 0.6 is 0 Å². The largest absolute Gasteiger partial charge is 2.00 e. The van der Waals surface area contributed by atoms with E-state index in [9.17, 15) is 0 Å². The van der Waals surface area contributed by atoms with Crippen molar-refractivity contribution in [2.24, 2.45) is 0 Å². The molecule has 5 heavy (non-hydrogen) atoms. The van der Waals surface area contributed by atoms with Crippen LogP contribution in [0.25, 0.3) is 0 Å². The molecule has 0 rings (SSSR count). The molecule has 0 atom stereocenters. The van der Waals surface area contributed by atoms with Gasteiger partial charge in [0.05, 0.1) is 0 Å². The Morgan fingerprint density at radius 1 is 1.40 bits per heavy atom. The van der Waals surface area contributed by atoms with E-state index in [1.807, 2.05) is 0 Å². The van der Waals surface area contributed by atoms with Gasteiger partial charge in [-0.3, -0.25) is 0 Å². The SMILES string of the molecule is [Fe].[H-].[H-].[La].[O]=[Co].[Sr+2]. The molecule has 0 N–H and O–H groups in total. The predicted octanol–water partition coefficient (Wildman–Crippen LogP) is -0.280. The molecule has 0 saturated heterocycles. The maximum Gasteiger partial charge on any atom is 2.00 e. The van der Waals surface area contributed by atoms with E-state index in [2.05, 4.69) is 15.7 Å². The van der Waals surface area contributed by atoms with Crippen LogP contribution in [0.15, 0.2) is 0 Å². The molecule has 0 aromatic heterocycles. The van der Waals surface area contributed by atoms with Gasteiger partial charge in [-0.15, -0.1) is 0 Å². The summed E-state index contributed by atoms with van der Waals surface area (Å²) in [6.07, 6.45) is 0. The van der Waals surface area contributed by atoms with E-state index in [4.69, 9.17) is 3.87 Å². The summed E-state index contributed by atoms with van der Waals surface area (Å²) in [5, 5.41) is 0. The standard InChI is InChI=1S/Co.Fe.La.O.Sr.2H/q;;;;+2;2*-1. The number of hydrogen-bond acceptors (Lipinski definition) is 1. The molecule has 0 aromatic rings. The third-order valence-corrected chi connectivity index (χ3v) is 0. The second kappa shape index (κ2) is 25.9. The van der Waals surface area contributed by atoms with Gasteiger partial charge in [0.2, 0.25) is 0 Å². The normalized spacial score (nSPS) is 1.00. The maximum atomic E-state index is 7.94. The van der Waals surface area contributed by atoms with Crippen LogP contribution in [0.3, 0.4) is 0 Å². The second-order valence-electron chi connectivity index (χ2n) is 0. The topological polar surface area (TPSA) is 17.1 Å². The fourth-order valence-electron chi connectivity index (χ4n) is 0. The summed E-state index contributed by atoms with van der Waals surface area (Å²) < 4.78 is 7.94. The first-order chi connectivity index (χ1) is 1.00. The molecule has 30 valence electrons. The van der Waals surface area contributed by atoms with Crippen molar-refractivity contribution >= 4 is 45.5 Å². The van der Waals surface area contributed by atoms with E-state index in [1.165, 1.54) is 0 Å². The summed E-state index contributed by atoms with van der Waals surface area (Å²) in [6, 6.07) is 0. The van der Waals surface area contributed by atoms with Crippen molar-refractivity contribution in [3.63, 3.8) is 0 Å². The Labute approximate surface area is 118 Å². The Kier molecular flexibility index (Phi) is 122. The molecule has 0 aromatic carbocycles. The Bertz CT molecular complexity index is 17.7. The third-order valence-electron chi connectivity index (χ3n) is 0. The Balaban J connectivity index is -0.000000000500. The van der Waals surface area contributed by atoms with Crippen molar-refractivity contribution in [2.45, 2.75) is 0 Å². The molecule has 0 spiro atoms. The summed E-state index contributed by atoms with van der Waals surface area (Å²) >= 11 is 2.31. The Morgan fingerprint density at radius 2 is 1.40 bits per heavy atom. The van der Waals surface area contributed by atoms with Crippen LogP contribution in [0.1, 0.15) is 2.85 Å². The minimum Gasteiger partial charge on any atom is 2.00 e. The smallest absolute Gasteiger partial charge is 2.00 e. The minimum absolute atomic E-state index is 0. The van der Waals surface area contributed by atoms with E-state index < -0.39 is 0 Å². The fourth-order valence-corrected chi connectivity index (χ4v) is 0. The minimum atomic E-state index is 0. The molecule has 0 unspecified atom stereocenters. The fraction of sp³-hybridized carbons (Fsp3) is 0. The monoisotopic (exact) mass is 360 g/mol. The van der Waals surface area contributed by atoms with Gasteiger partial charge in [-0.1, -0.05) is 0 Å². The van der Waals surface area contributed by atoms with E-state index >= 15 is 0 Å². The number of hydrogen-bond donors (Lipinski definition) is 0. The zero-order valence-corrected chi connectivity index (χ0v) is 11.6. The summed E-state index contributed by atoms with van der Waals surface area (Å²) in [5.74, 6) is 0. The second-order valence-corrected chi connectivity index (χ2v) is 0. The zero-order chi connectivity index (χ0) is 2.00. The summed E-state index contributed by atoms with van der Waals surface area (Å²) in [6.45, 7) is 0. The quantitative estimate of drug-likeness (QED) is 0.544. The number of rotatable bonds is 0. The first-order valence-electron chi connectivity index (χ1n) is 0.136. The van der Waals surface area contributed by atoms with Crippen molar-refractivity contribution in [2.75, 3.05) is 0 Å². The third kappa shape index (κ3) is 18.5. The van der Waals surface area contributed by atoms with Gasteiger partial charge in [0, 0.05) is 52.7 Å². The van der Waals surface area contributed by atoms with Crippen LogP contribution in [0.4, 0.5) is 0 Å². The molecule has 0 aliphatic heterocycles. The van der Waals surface area contributed by atoms with E-state index in [0.717, 1.165) is 0 Å². The molecule has 1 radical (unpaired) electrons. The van der Waals surface area contributed by atoms with E-state index in [1.54, 1.807) is 0 Å². The maximum absolute atomic E-state index is 7.94. The van der Waals surface area contributed by atoms with Gasteiger partial charge in [0.25, 0.3) is 0 Å². The van der Waals surface area contributed by atoms with Gasteiger partial charge >= 0.3 is 65.0 Å². The van der Waals surface area contributed by atoms with Gasteiger partial charge in [-0.2, -0.15) is 0 Å².